The molecule has 2 aromatic heterocycles. The predicted octanol–water partition coefficient (Wildman–Crippen LogP) is 2.79. The molecule has 126 valence electrons. The molecule has 2 heterocycles. The molecule has 3 rings (SSSR count). The second kappa shape index (κ2) is 7.78. The number of hydrogen-bond donors (Lipinski definition) is 3. The molecule has 0 aliphatic rings. The Hall–Kier alpha value is -3.61. The monoisotopic (exact) mass is 336 g/mol. The summed E-state index contributed by atoms with van der Waals surface area (Å²) >= 11 is 0. The molecule has 0 unspecified atom stereocenters. The van der Waals surface area contributed by atoms with E-state index in [1.807, 2.05) is 30.3 Å². The lowest BCUT2D eigenvalue weighted by atomic mass is 10.3. The van der Waals surface area contributed by atoms with Crippen LogP contribution in [0.2, 0.25) is 0 Å². The number of anilines is 3. The number of nitrogens with one attached hydrogen (secondary N) is 3. The Bertz CT molecular complexity index is 831. The van der Waals surface area contributed by atoms with E-state index in [0.29, 0.717) is 17.1 Å². The Morgan fingerprint density at radius 3 is 2.52 bits per heavy atom. The first-order chi connectivity index (χ1) is 12.2. The van der Waals surface area contributed by atoms with Gasteiger partial charge in [-0.05, 0) is 30.3 Å². The number of hydrogen-bond acceptors (Lipinski definition) is 5. The van der Waals surface area contributed by atoms with Crippen molar-refractivity contribution in [2.45, 2.75) is 0 Å². The standard InChI is InChI=1S/C18H16N4O3/c23-17(11-20-18(24)13-8-9-25-12-13)22-15-6-7-16(19-10-15)21-14-4-2-1-3-5-14/h1-10,12H,11H2,(H,19,21)(H,20,24)(H,22,23). The third-order valence-corrected chi connectivity index (χ3v) is 3.29. The maximum atomic E-state index is 11.9. The minimum atomic E-state index is -0.371. The lowest BCUT2D eigenvalue weighted by Gasteiger charge is -2.08. The van der Waals surface area contributed by atoms with E-state index in [2.05, 4.69) is 20.9 Å². The van der Waals surface area contributed by atoms with Gasteiger partial charge in [-0.15, -0.1) is 0 Å². The average molecular weight is 336 g/mol. The smallest absolute Gasteiger partial charge is 0.254 e. The summed E-state index contributed by atoms with van der Waals surface area (Å²) in [6.07, 6.45) is 4.25. The minimum absolute atomic E-state index is 0.145. The van der Waals surface area contributed by atoms with Crippen LogP contribution in [-0.2, 0) is 4.79 Å². The topological polar surface area (TPSA) is 96.3 Å². The molecule has 0 fully saturated rings. The fraction of sp³-hybridized carbons (Fsp3) is 0.0556. The van der Waals surface area contributed by atoms with E-state index in [1.54, 1.807) is 18.3 Å². The lowest BCUT2D eigenvalue weighted by Crippen LogP contribution is -2.32. The first kappa shape index (κ1) is 16.3. The fourth-order valence-electron chi connectivity index (χ4n) is 2.07. The fourth-order valence-corrected chi connectivity index (χ4v) is 2.07. The molecule has 0 atom stereocenters. The highest BCUT2D eigenvalue weighted by Crippen LogP contribution is 2.15. The maximum Gasteiger partial charge on any atom is 0.254 e. The van der Waals surface area contributed by atoms with Crippen molar-refractivity contribution in [1.29, 1.82) is 0 Å². The van der Waals surface area contributed by atoms with E-state index >= 15 is 0 Å². The van der Waals surface area contributed by atoms with Crippen molar-refractivity contribution in [3.63, 3.8) is 0 Å². The van der Waals surface area contributed by atoms with E-state index in [4.69, 9.17) is 4.42 Å². The number of benzene rings is 1. The molecular weight excluding hydrogens is 320 g/mol. The Kier molecular flexibility index (Phi) is 5.06. The molecule has 3 N–H and O–H groups in total. The molecule has 25 heavy (non-hydrogen) atoms. The molecule has 0 bridgehead atoms. The van der Waals surface area contributed by atoms with Crippen molar-refractivity contribution in [2.24, 2.45) is 0 Å². The van der Waals surface area contributed by atoms with E-state index in [9.17, 15) is 9.59 Å². The quantitative estimate of drug-likeness (QED) is 0.643. The van der Waals surface area contributed by atoms with E-state index in [1.165, 1.54) is 18.6 Å². The van der Waals surface area contributed by atoms with Crippen molar-refractivity contribution in [3.05, 3.63) is 72.8 Å². The number of para-hydroxylation sites is 1. The molecule has 3 aromatic rings. The summed E-state index contributed by atoms with van der Waals surface area (Å²) in [5.41, 5.74) is 1.83. The average Bonchev–Trinajstić information content (AvgIpc) is 3.17. The highest BCUT2D eigenvalue weighted by Gasteiger charge is 2.09. The van der Waals surface area contributed by atoms with Crippen LogP contribution >= 0.6 is 0 Å². The summed E-state index contributed by atoms with van der Waals surface area (Å²) in [5.74, 6) is -0.0516. The summed E-state index contributed by atoms with van der Waals surface area (Å²) in [5, 5.41) is 8.32. The van der Waals surface area contributed by atoms with Crippen molar-refractivity contribution >= 4 is 29.0 Å². The van der Waals surface area contributed by atoms with Gasteiger partial charge in [-0.1, -0.05) is 18.2 Å². The zero-order chi connectivity index (χ0) is 17.5. The second-order valence-corrected chi connectivity index (χ2v) is 5.17. The van der Waals surface area contributed by atoms with Crippen LogP contribution in [0.3, 0.4) is 0 Å². The molecule has 0 radical (unpaired) electrons. The third-order valence-electron chi connectivity index (χ3n) is 3.29. The zero-order valence-corrected chi connectivity index (χ0v) is 13.2. The van der Waals surface area contributed by atoms with Crippen LogP contribution in [0.5, 0.6) is 0 Å². The van der Waals surface area contributed by atoms with Gasteiger partial charge in [-0.2, -0.15) is 0 Å². The van der Waals surface area contributed by atoms with Crippen LogP contribution in [-0.4, -0.2) is 23.3 Å². The van der Waals surface area contributed by atoms with E-state index in [0.717, 1.165) is 5.69 Å². The summed E-state index contributed by atoms with van der Waals surface area (Å²) in [4.78, 5) is 27.8. The normalized spacial score (nSPS) is 10.1. The maximum absolute atomic E-state index is 11.9. The van der Waals surface area contributed by atoms with Gasteiger partial charge in [-0.3, -0.25) is 9.59 Å². The molecule has 0 aliphatic heterocycles. The summed E-state index contributed by atoms with van der Waals surface area (Å²) < 4.78 is 4.82. The van der Waals surface area contributed by atoms with Gasteiger partial charge in [0.15, 0.2) is 0 Å². The second-order valence-electron chi connectivity index (χ2n) is 5.17. The van der Waals surface area contributed by atoms with Gasteiger partial charge >= 0.3 is 0 Å². The minimum Gasteiger partial charge on any atom is -0.472 e. The Labute approximate surface area is 144 Å². The van der Waals surface area contributed by atoms with Crippen LogP contribution < -0.4 is 16.0 Å². The summed E-state index contributed by atoms with van der Waals surface area (Å²) in [6.45, 7) is -0.145. The zero-order valence-electron chi connectivity index (χ0n) is 13.2. The van der Waals surface area contributed by atoms with Crippen LogP contribution in [0.4, 0.5) is 17.2 Å². The summed E-state index contributed by atoms with van der Waals surface area (Å²) in [6, 6.07) is 14.7. The van der Waals surface area contributed by atoms with Gasteiger partial charge in [0.05, 0.1) is 30.3 Å². The number of carbonyl (C=O) groups excluding carboxylic acids is 2. The molecule has 2 amide bonds. The lowest BCUT2D eigenvalue weighted by molar-refractivity contribution is -0.115. The highest BCUT2D eigenvalue weighted by molar-refractivity contribution is 5.99. The molecule has 7 nitrogen and oxygen atoms in total. The number of furan rings is 1. The van der Waals surface area contributed by atoms with Crippen molar-refractivity contribution < 1.29 is 14.0 Å². The Morgan fingerprint density at radius 2 is 1.84 bits per heavy atom. The van der Waals surface area contributed by atoms with Gasteiger partial charge in [0.2, 0.25) is 5.91 Å². The highest BCUT2D eigenvalue weighted by atomic mass is 16.3. The third kappa shape index (κ3) is 4.68. The number of amides is 2. The van der Waals surface area contributed by atoms with Gasteiger partial charge < -0.3 is 20.4 Å². The Morgan fingerprint density at radius 1 is 1.00 bits per heavy atom. The van der Waals surface area contributed by atoms with Crippen LogP contribution in [0.1, 0.15) is 10.4 Å². The molecule has 7 heteroatoms. The van der Waals surface area contributed by atoms with Crippen LogP contribution in [0.15, 0.2) is 71.7 Å². The SMILES string of the molecule is O=C(CNC(=O)c1ccoc1)Nc1ccc(Nc2ccccc2)nc1. The van der Waals surface area contributed by atoms with E-state index in [-0.39, 0.29) is 18.4 Å². The van der Waals surface area contributed by atoms with Gasteiger partial charge in [0.25, 0.3) is 5.91 Å². The number of rotatable bonds is 6. The first-order valence-corrected chi connectivity index (χ1v) is 7.59. The number of carbonyl (C=O) groups is 2. The van der Waals surface area contributed by atoms with Gasteiger partial charge in [0.1, 0.15) is 12.1 Å². The van der Waals surface area contributed by atoms with Gasteiger partial charge in [-0.25, -0.2) is 4.98 Å². The number of pyridine rings is 1. The van der Waals surface area contributed by atoms with Crippen molar-refractivity contribution in [1.82, 2.24) is 10.3 Å². The van der Waals surface area contributed by atoms with E-state index < -0.39 is 0 Å². The molecular formula is C18H16N4O3. The molecule has 0 aliphatic carbocycles. The summed E-state index contributed by atoms with van der Waals surface area (Å²) in [7, 11) is 0. The molecule has 0 saturated carbocycles. The first-order valence-electron chi connectivity index (χ1n) is 7.59. The van der Waals surface area contributed by atoms with Gasteiger partial charge in [0, 0.05) is 5.69 Å². The number of nitrogens with zero attached hydrogens (tertiary/aromatic N) is 1. The van der Waals surface area contributed by atoms with Crippen molar-refractivity contribution in [3.8, 4) is 0 Å². The van der Waals surface area contributed by atoms with Crippen LogP contribution in [0.25, 0.3) is 0 Å². The molecule has 0 saturated heterocycles. The van der Waals surface area contributed by atoms with Crippen molar-refractivity contribution in [2.75, 3.05) is 17.2 Å². The predicted molar refractivity (Wildman–Crippen MR) is 93.6 cm³/mol. The molecule has 0 spiro atoms. The number of aromatic nitrogens is 1. The largest absolute Gasteiger partial charge is 0.472 e. The molecule has 1 aromatic carbocycles. The van der Waals surface area contributed by atoms with Crippen LogP contribution in [0, 0.1) is 0 Å². The Balaban J connectivity index is 1.49.